The van der Waals surface area contributed by atoms with E-state index in [0.717, 1.165) is 18.9 Å². The molecule has 0 radical (unpaired) electrons. The Morgan fingerprint density at radius 3 is 2.50 bits per heavy atom. The van der Waals surface area contributed by atoms with Crippen LogP contribution in [-0.2, 0) is 6.18 Å². The Bertz CT molecular complexity index is 709. The summed E-state index contributed by atoms with van der Waals surface area (Å²) in [7, 11) is 0. The number of alkyl halides is 3. The lowest BCUT2D eigenvalue weighted by molar-refractivity contribution is -0.136. The molecule has 1 aliphatic carbocycles. The Kier molecular flexibility index (Phi) is 2.67. The molecule has 0 saturated heterocycles. The van der Waals surface area contributed by atoms with E-state index < -0.39 is 23.5 Å². The van der Waals surface area contributed by atoms with Crippen molar-refractivity contribution in [1.82, 2.24) is 9.97 Å². The lowest BCUT2D eigenvalue weighted by Crippen LogP contribution is -2.12. The van der Waals surface area contributed by atoms with Gasteiger partial charge in [0.15, 0.2) is 0 Å². The van der Waals surface area contributed by atoms with Gasteiger partial charge in [-0.15, -0.1) is 0 Å². The lowest BCUT2D eigenvalue weighted by Gasteiger charge is -2.12. The number of rotatable bonds is 2. The molecule has 1 fully saturated rings. The van der Waals surface area contributed by atoms with Crippen molar-refractivity contribution in [3.8, 4) is 0 Å². The number of benzene rings is 1. The second-order valence-corrected chi connectivity index (χ2v) is 4.71. The molecule has 3 rings (SSSR count). The summed E-state index contributed by atoms with van der Waals surface area (Å²) in [6.45, 7) is 0. The van der Waals surface area contributed by atoms with E-state index in [0.29, 0.717) is 5.69 Å². The van der Waals surface area contributed by atoms with Gasteiger partial charge < -0.3 is 5.11 Å². The topological polar surface area (TPSA) is 63.1 Å². The van der Waals surface area contributed by atoms with Crippen LogP contribution in [0, 0.1) is 0 Å². The number of para-hydroxylation sites is 1. The van der Waals surface area contributed by atoms with E-state index in [1.165, 1.54) is 12.1 Å². The average Bonchev–Trinajstić information content (AvgIpc) is 3.19. The quantitative estimate of drug-likeness (QED) is 0.918. The highest BCUT2D eigenvalue weighted by Gasteiger charge is 2.36. The van der Waals surface area contributed by atoms with Gasteiger partial charge in [-0.1, -0.05) is 12.1 Å². The molecule has 4 nitrogen and oxygen atoms in total. The molecular weight excluding hydrogens is 273 g/mol. The Balaban J connectivity index is 2.36. The molecule has 0 bridgehead atoms. The molecule has 1 aromatic heterocycles. The van der Waals surface area contributed by atoms with E-state index in [9.17, 15) is 18.0 Å². The minimum Gasteiger partial charge on any atom is -0.475 e. The van der Waals surface area contributed by atoms with Crippen LogP contribution >= 0.6 is 0 Å². The largest absolute Gasteiger partial charge is 0.475 e. The first-order chi connectivity index (χ1) is 9.38. The Hall–Kier alpha value is -2.18. The summed E-state index contributed by atoms with van der Waals surface area (Å²) in [5.74, 6) is -1.98. The smallest absolute Gasteiger partial charge is 0.418 e. The van der Waals surface area contributed by atoms with Crippen molar-refractivity contribution in [1.29, 1.82) is 0 Å². The number of aromatic nitrogens is 2. The van der Waals surface area contributed by atoms with E-state index in [-0.39, 0.29) is 16.8 Å². The third-order valence-electron chi connectivity index (χ3n) is 3.22. The van der Waals surface area contributed by atoms with Crippen LogP contribution in [-0.4, -0.2) is 21.0 Å². The molecule has 7 heteroatoms. The van der Waals surface area contributed by atoms with Crippen molar-refractivity contribution in [3.63, 3.8) is 0 Å². The maximum absolute atomic E-state index is 13.0. The van der Waals surface area contributed by atoms with E-state index in [2.05, 4.69) is 9.97 Å². The van der Waals surface area contributed by atoms with Crippen LogP contribution in [0.1, 0.15) is 40.6 Å². The molecule has 0 spiro atoms. The molecule has 1 heterocycles. The number of hydrogen-bond acceptors (Lipinski definition) is 3. The number of carboxylic acids is 1. The summed E-state index contributed by atoms with van der Waals surface area (Å²) in [6.07, 6.45) is -2.96. The van der Waals surface area contributed by atoms with Crippen LogP contribution in [0.15, 0.2) is 18.2 Å². The van der Waals surface area contributed by atoms with E-state index >= 15 is 0 Å². The third kappa shape index (κ3) is 2.09. The summed E-state index contributed by atoms with van der Waals surface area (Å²) < 4.78 is 39.0. The van der Waals surface area contributed by atoms with Crippen molar-refractivity contribution in [2.45, 2.75) is 24.9 Å². The van der Waals surface area contributed by atoms with Crippen LogP contribution in [0.3, 0.4) is 0 Å². The van der Waals surface area contributed by atoms with Crippen molar-refractivity contribution in [3.05, 3.63) is 35.3 Å². The van der Waals surface area contributed by atoms with E-state index in [1.807, 2.05) is 0 Å². The first kappa shape index (κ1) is 12.8. The van der Waals surface area contributed by atoms with Crippen LogP contribution in [0.4, 0.5) is 13.2 Å². The second-order valence-electron chi connectivity index (χ2n) is 4.71. The Morgan fingerprint density at radius 2 is 1.95 bits per heavy atom. The normalized spacial score (nSPS) is 15.6. The third-order valence-corrected chi connectivity index (χ3v) is 3.22. The minimum absolute atomic E-state index is 0.0297. The van der Waals surface area contributed by atoms with Gasteiger partial charge in [0.1, 0.15) is 0 Å². The van der Waals surface area contributed by atoms with Crippen LogP contribution < -0.4 is 0 Å². The fourth-order valence-electron chi connectivity index (χ4n) is 2.17. The van der Waals surface area contributed by atoms with Gasteiger partial charge in [0.25, 0.3) is 0 Å². The average molecular weight is 282 g/mol. The summed E-state index contributed by atoms with van der Waals surface area (Å²) in [6, 6.07) is 3.70. The molecule has 0 atom stereocenters. The number of halogens is 3. The number of carboxylic acid groups (broad SMARTS) is 1. The first-order valence-corrected chi connectivity index (χ1v) is 5.99. The van der Waals surface area contributed by atoms with Gasteiger partial charge in [-0.3, -0.25) is 0 Å². The standard InChI is InChI=1S/C13H9F3N2O2/c14-13(15,16)8-3-1-2-7-9(6-4-5-6)17-11(12(19)20)18-10(7)8/h1-3,6H,4-5H2,(H,19,20). The maximum atomic E-state index is 13.0. The van der Waals surface area contributed by atoms with Crippen LogP contribution in [0.25, 0.3) is 10.9 Å². The predicted molar refractivity (Wildman–Crippen MR) is 63.5 cm³/mol. The molecule has 104 valence electrons. The summed E-state index contributed by atoms with van der Waals surface area (Å²) in [5.41, 5.74) is -0.866. The number of nitrogens with zero attached hydrogens (tertiary/aromatic N) is 2. The molecule has 2 aromatic rings. The van der Waals surface area contributed by atoms with Gasteiger partial charge in [0.05, 0.1) is 16.8 Å². The molecule has 1 saturated carbocycles. The van der Waals surface area contributed by atoms with Crippen molar-refractivity contribution in [2.24, 2.45) is 0 Å². The first-order valence-electron chi connectivity index (χ1n) is 5.99. The van der Waals surface area contributed by atoms with Gasteiger partial charge in [-0.25, -0.2) is 14.8 Å². The highest BCUT2D eigenvalue weighted by atomic mass is 19.4. The monoisotopic (exact) mass is 282 g/mol. The van der Waals surface area contributed by atoms with E-state index in [4.69, 9.17) is 5.11 Å². The zero-order chi connectivity index (χ0) is 14.5. The molecule has 0 unspecified atom stereocenters. The Labute approximate surface area is 111 Å². The SMILES string of the molecule is O=C(O)c1nc(C2CC2)c2cccc(C(F)(F)F)c2n1. The Morgan fingerprint density at radius 1 is 1.25 bits per heavy atom. The molecular formula is C13H9F3N2O2. The maximum Gasteiger partial charge on any atom is 0.418 e. The van der Waals surface area contributed by atoms with Crippen molar-refractivity contribution in [2.75, 3.05) is 0 Å². The molecule has 1 N–H and O–H groups in total. The summed E-state index contributed by atoms with van der Waals surface area (Å²) >= 11 is 0. The van der Waals surface area contributed by atoms with Gasteiger partial charge in [-0.2, -0.15) is 13.2 Å². The van der Waals surface area contributed by atoms with Gasteiger partial charge in [0.2, 0.25) is 5.82 Å². The van der Waals surface area contributed by atoms with E-state index in [1.54, 1.807) is 0 Å². The molecule has 20 heavy (non-hydrogen) atoms. The molecule has 1 aromatic carbocycles. The number of fused-ring (bicyclic) bond motifs is 1. The zero-order valence-corrected chi connectivity index (χ0v) is 10.1. The highest BCUT2D eigenvalue weighted by molar-refractivity contribution is 5.90. The number of aromatic carboxylic acids is 1. The lowest BCUT2D eigenvalue weighted by atomic mass is 10.1. The van der Waals surface area contributed by atoms with Crippen LogP contribution in [0.2, 0.25) is 0 Å². The van der Waals surface area contributed by atoms with Gasteiger partial charge >= 0.3 is 12.1 Å². The predicted octanol–water partition coefficient (Wildman–Crippen LogP) is 3.22. The summed E-state index contributed by atoms with van der Waals surface area (Å²) in [4.78, 5) is 18.5. The van der Waals surface area contributed by atoms with Gasteiger partial charge in [-0.05, 0) is 18.9 Å². The van der Waals surface area contributed by atoms with Crippen molar-refractivity contribution < 1.29 is 23.1 Å². The molecule has 1 aliphatic rings. The second kappa shape index (κ2) is 4.16. The summed E-state index contributed by atoms with van der Waals surface area (Å²) in [5, 5.41) is 9.24. The fraction of sp³-hybridized carbons (Fsp3) is 0.308. The van der Waals surface area contributed by atoms with Crippen LogP contribution in [0.5, 0.6) is 0 Å². The van der Waals surface area contributed by atoms with Crippen molar-refractivity contribution >= 4 is 16.9 Å². The number of carbonyl (C=O) groups is 1. The number of hydrogen-bond donors (Lipinski definition) is 1. The molecule has 0 aliphatic heterocycles. The van der Waals surface area contributed by atoms with Gasteiger partial charge in [0, 0.05) is 11.3 Å². The zero-order valence-electron chi connectivity index (χ0n) is 10.1. The minimum atomic E-state index is -4.58. The molecule has 0 amide bonds. The fourth-order valence-corrected chi connectivity index (χ4v) is 2.17. The highest BCUT2D eigenvalue weighted by Crippen LogP contribution is 2.43.